The van der Waals surface area contributed by atoms with E-state index >= 15 is 0 Å². The zero-order chi connectivity index (χ0) is 20.6. The summed E-state index contributed by atoms with van der Waals surface area (Å²) in [5.41, 5.74) is 2.88. The van der Waals surface area contributed by atoms with Crippen LogP contribution in [0.2, 0.25) is 0 Å². The van der Waals surface area contributed by atoms with Gasteiger partial charge in [0.1, 0.15) is 0 Å². The van der Waals surface area contributed by atoms with Gasteiger partial charge in [0.2, 0.25) is 0 Å². The summed E-state index contributed by atoms with van der Waals surface area (Å²) >= 11 is 0. The molecule has 0 aromatic carbocycles. The first kappa shape index (κ1) is 21.0. The highest BCUT2D eigenvalue weighted by molar-refractivity contribution is 5.96. The number of carbonyl (C=O) groups excluding carboxylic acids is 2. The average Bonchev–Trinajstić information content (AvgIpc) is 3.29. The number of amides is 1. The number of carbonyl (C=O) groups is 2. The molecular formula is C20H29N5O4. The van der Waals surface area contributed by atoms with Gasteiger partial charge in [-0.2, -0.15) is 10.2 Å². The molecule has 1 amide bonds. The van der Waals surface area contributed by atoms with Crippen molar-refractivity contribution in [3.05, 3.63) is 34.9 Å². The Morgan fingerprint density at radius 1 is 1.34 bits per heavy atom. The van der Waals surface area contributed by atoms with E-state index < -0.39 is 0 Å². The van der Waals surface area contributed by atoms with Crippen molar-refractivity contribution in [1.29, 1.82) is 0 Å². The summed E-state index contributed by atoms with van der Waals surface area (Å²) in [5.74, 6) is -0.448. The molecule has 0 bridgehead atoms. The fourth-order valence-electron chi connectivity index (χ4n) is 3.40. The van der Waals surface area contributed by atoms with Gasteiger partial charge in [0, 0.05) is 46.0 Å². The number of aryl methyl sites for hydroxylation is 3. The molecule has 9 nitrogen and oxygen atoms in total. The van der Waals surface area contributed by atoms with Crippen molar-refractivity contribution in [2.75, 3.05) is 26.4 Å². The van der Waals surface area contributed by atoms with Crippen LogP contribution in [0, 0.1) is 0 Å². The van der Waals surface area contributed by atoms with Gasteiger partial charge in [-0.1, -0.05) is 6.92 Å². The highest BCUT2D eigenvalue weighted by Crippen LogP contribution is 2.19. The van der Waals surface area contributed by atoms with Crippen molar-refractivity contribution in [3.8, 4) is 0 Å². The van der Waals surface area contributed by atoms with E-state index in [0.717, 1.165) is 30.7 Å². The molecule has 1 aliphatic heterocycles. The van der Waals surface area contributed by atoms with Crippen LogP contribution in [0.4, 0.5) is 0 Å². The van der Waals surface area contributed by atoms with Crippen molar-refractivity contribution in [2.45, 2.75) is 45.6 Å². The summed E-state index contributed by atoms with van der Waals surface area (Å²) in [6.45, 7) is 4.78. The summed E-state index contributed by atoms with van der Waals surface area (Å²) in [6.07, 6.45) is 6.79. The smallest absolute Gasteiger partial charge is 0.341 e. The first-order valence-electron chi connectivity index (χ1n) is 10.2. The molecule has 9 heteroatoms. The lowest BCUT2D eigenvalue weighted by Crippen LogP contribution is -2.26. The van der Waals surface area contributed by atoms with Crippen LogP contribution in [-0.2, 0) is 35.9 Å². The van der Waals surface area contributed by atoms with Crippen molar-refractivity contribution >= 4 is 11.9 Å². The Balaban J connectivity index is 1.65. The Morgan fingerprint density at radius 2 is 2.17 bits per heavy atom. The summed E-state index contributed by atoms with van der Waals surface area (Å²) in [6, 6.07) is 0. The second-order valence-electron chi connectivity index (χ2n) is 7.06. The first-order chi connectivity index (χ1) is 14.1. The minimum atomic E-state index is -0.386. The molecule has 0 fully saturated rings. The third-order valence-corrected chi connectivity index (χ3v) is 4.83. The maximum absolute atomic E-state index is 12.7. The van der Waals surface area contributed by atoms with Crippen molar-refractivity contribution in [1.82, 2.24) is 24.9 Å². The van der Waals surface area contributed by atoms with E-state index in [9.17, 15) is 9.59 Å². The quantitative estimate of drug-likeness (QED) is 0.580. The summed E-state index contributed by atoms with van der Waals surface area (Å²) in [5, 5.41) is 11.6. The van der Waals surface area contributed by atoms with Gasteiger partial charge in [0.25, 0.3) is 5.91 Å². The van der Waals surface area contributed by atoms with Crippen LogP contribution < -0.4 is 5.32 Å². The van der Waals surface area contributed by atoms with Gasteiger partial charge < -0.3 is 14.8 Å². The number of esters is 1. The molecule has 29 heavy (non-hydrogen) atoms. The van der Waals surface area contributed by atoms with Crippen LogP contribution in [0.5, 0.6) is 0 Å². The van der Waals surface area contributed by atoms with E-state index in [-0.39, 0.29) is 18.5 Å². The lowest BCUT2D eigenvalue weighted by molar-refractivity contribution is 0.0494. The Hall–Kier alpha value is -2.68. The SMILES string of the molecule is CCc1nn(CCCOC(=O)c2cnn(C)c2)c2c1C(=O)NCCCOCCC2. The predicted molar refractivity (Wildman–Crippen MR) is 106 cm³/mol. The third kappa shape index (κ3) is 5.44. The van der Waals surface area contributed by atoms with Gasteiger partial charge in [-0.3, -0.25) is 14.2 Å². The summed E-state index contributed by atoms with van der Waals surface area (Å²) in [4.78, 5) is 24.7. The highest BCUT2D eigenvalue weighted by Gasteiger charge is 2.22. The molecule has 2 aromatic rings. The first-order valence-corrected chi connectivity index (χ1v) is 10.2. The molecule has 3 rings (SSSR count). The number of rotatable bonds is 6. The minimum Gasteiger partial charge on any atom is -0.462 e. The van der Waals surface area contributed by atoms with E-state index in [4.69, 9.17) is 9.47 Å². The van der Waals surface area contributed by atoms with Crippen LogP contribution in [0.25, 0.3) is 0 Å². The Bertz CT molecular complexity index is 842. The molecule has 0 saturated carbocycles. The Morgan fingerprint density at radius 3 is 2.93 bits per heavy atom. The number of nitrogens with zero attached hydrogens (tertiary/aromatic N) is 4. The van der Waals surface area contributed by atoms with Crippen LogP contribution in [0.3, 0.4) is 0 Å². The molecule has 0 unspecified atom stereocenters. The molecule has 0 atom stereocenters. The van der Waals surface area contributed by atoms with E-state index in [1.165, 1.54) is 6.20 Å². The van der Waals surface area contributed by atoms with Gasteiger partial charge in [0.15, 0.2) is 0 Å². The van der Waals surface area contributed by atoms with Crippen LogP contribution in [0.1, 0.15) is 58.3 Å². The maximum Gasteiger partial charge on any atom is 0.341 e. The van der Waals surface area contributed by atoms with E-state index in [1.54, 1.807) is 17.9 Å². The van der Waals surface area contributed by atoms with Gasteiger partial charge in [0.05, 0.1) is 35.3 Å². The van der Waals surface area contributed by atoms with Crippen molar-refractivity contribution < 1.29 is 19.1 Å². The molecule has 0 spiro atoms. The maximum atomic E-state index is 12.7. The van der Waals surface area contributed by atoms with Gasteiger partial charge >= 0.3 is 5.97 Å². The molecule has 0 saturated heterocycles. The zero-order valence-electron chi connectivity index (χ0n) is 17.1. The number of hydrogen-bond donors (Lipinski definition) is 1. The fraction of sp³-hybridized carbons (Fsp3) is 0.600. The number of nitrogens with one attached hydrogen (secondary N) is 1. The van der Waals surface area contributed by atoms with Crippen molar-refractivity contribution in [2.24, 2.45) is 7.05 Å². The number of ether oxygens (including phenoxy) is 2. The van der Waals surface area contributed by atoms with Crippen LogP contribution in [0.15, 0.2) is 12.4 Å². The van der Waals surface area contributed by atoms with Crippen molar-refractivity contribution in [3.63, 3.8) is 0 Å². The predicted octanol–water partition coefficient (Wildman–Crippen LogP) is 1.51. The fourth-order valence-corrected chi connectivity index (χ4v) is 3.40. The lowest BCUT2D eigenvalue weighted by atomic mass is 10.1. The van der Waals surface area contributed by atoms with Gasteiger partial charge in [-0.25, -0.2) is 4.79 Å². The molecule has 3 heterocycles. The monoisotopic (exact) mass is 403 g/mol. The molecule has 1 aliphatic rings. The molecule has 1 N–H and O–H groups in total. The lowest BCUT2D eigenvalue weighted by Gasteiger charge is -2.10. The molecule has 2 aromatic heterocycles. The Labute approximate surface area is 170 Å². The largest absolute Gasteiger partial charge is 0.462 e. The van der Waals surface area contributed by atoms with Gasteiger partial charge in [-0.05, 0) is 25.7 Å². The second kappa shape index (κ2) is 10.2. The van der Waals surface area contributed by atoms with Gasteiger partial charge in [-0.15, -0.1) is 0 Å². The zero-order valence-corrected chi connectivity index (χ0v) is 17.1. The third-order valence-electron chi connectivity index (χ3n) is 4.83. The van der Waals surface area contributed by atoms with E-state index in [2.05, 4.69) is 15.5 Å². The standard InChI is InChI=1S/C20H29N5O4/c1-3-16-18-17(7-4-10-28-11-5-8-21-19(18)26)25(23-16)9-6-12-29-20(27)15-13-22-24(2)14-15/h13-14H,3-12H2,1-2H3,(H,21,26). The van der Waals surface area contributed by atoms with Crippen LogP contribution >= 0.6 is 0 Å². The molecule has 158 valence electrons. The van der Waals surface area contributed by atoms with E-state index in [1.807, 2.05) is 11.6 Å². The summed E-state index contributed by atoms with van der Waals surface area (Å²) in [7, 11) is 1.75. The molecular weight excluding hydrogens is 374 g/mol. The average molecular weight is 403 g/mol. The highest BCUT2D eigenvalue weighted by atomic mass is 16.5. The molecule has 0 aliphatic carbocycles. The minimum absolute atomic E-state index is 0.0620. The second-order valence-corrected chi connectivity index (χ2v) is 7.06. The Kier molecular flexibility index (Phi) is 7.40. The number of hydrogen-bond acceptors (Lipinski definition) is 6. The number of fused-ring (bicyclic) bond motifs is 1. The normalized spacial score (nSPS) is 15.3. The van der Waals surface area contributed by atoms with E-state index in [0.29, 0.717) is 50.3 Å². The number of aromatic nitrogens is 4. The molecule has 0 radical (unpaired) electrons. The van der Waals surface area contributed by atoms with Crippen LogP contribution in [-0.4, -0.2) is 57.8 Å². The topological polar surface area (TPSA) is 100 Å². The summed E-state index contributed by atoms with van der Waals surface area (Å²) < 4.78 is 14.4.